The summed E-state index contributed by atoms with van der Waals surface area (Å²) < 4.78 is 27.8. The highest BCUT2D eigenvalue weighted by Crippen LogP contribution is 2.43. The molecule has 0 aromatic carbocycles. The normalized spacial score (nSPS) is 25.2. The van der Waals surface area contributed by atoms with Crippen LogP contribution < -0.4 is 5.56 Å². The van der Waals surface area contributed by atoms with E-state index < -0.39 is 29.0 Å². The van der Waals surface area contributed by atoms with Gasteiger partial charge in [-0.2, -0.15) is 9.50 Å². The van der Waals surface area contributed by atoms with Gasteiger partial charge in [0.15, 0.2) is 10.9 Å². The van der Waals surface area contributed by atoms with Crippen LogP contribution in [0.25, 0.3) is 5.78 Å². The van der Waals surface area contributed by atoms with Gasteiger partial charge in [-0.15, -0.1) is 0 Å². The molecule has 2 atom stereocenters. The van der Waals surface area contributed by atoms with Crippen LogP contribution in [0.4, 0.5) is 9.18 Å². The van der Waals surface area contributed by atoms with Gasteiger partial charge in [-0.05, 0) is 36.7 Å². The fraction of sp³-hybridized carbons (Fsp3) is 0.625. The first-order chi connectivity index (χ1) is 12.6. The highest BCUT2D eigenvalue weighted by molar-refractivity contribution is 9.10. The molecule has 11 heteroatoms. The van der Waals surface area contributed by atoms with E-state index in [0.717, 1.165) is 4.52 Å². The van der Waals surface area contributed by atoms with E-state index >= 15 is 4.39 Å². The first kappa shape index (κ1) is 18.4. The number of fused-ring (bicyclic) bond motifs is 3. The van der Waals surface area contributed by atoms with Gasteiger partial charge in [-0.3, -0.25) is 9.89 Å². The van der Waals surface area contributed by atoms with E-state index in [2.05, 4.69) is 31.0 Å². The minimum atomic E-state index is -1.58. The number of hydrogen-bond donors (Lipinski definition) is 1. The van der Waals surface area contributed by atoms with Crippen LogP contribution in [-0.2, 0) is 21.7 Å². The van der Waals surface area contributed by atoms with Gasteiger partial charge in [0.1, 0.15) is 11.2 Å². The molecule has 146 valence electrons. The van der Waals surface area contributed by atoms with Crippen molar-refractivity contribution in [3.8, 4) is 0 Å². The smallest absolute Gasteiger partial charge is 0.410 e. The first-order valence-corrected chi connectivity index (χ1v) is 9.33. The largest absolute Gasteiger partial charge is 0.444 e. The summed E-state index contributed by atoms with van der Waals surface area (Å²) in [4.78, 5) is 34.9. The Morgan fingerprint density at radius 2 is 2.19 bits per heavy atom. The number of halogens is 2. The molecule has 2 unspecified atom stereocenters. The van der Waals surface area contributed by atoms with Crippen LogP contribution in [-0.4, -0.2) is 55.4 Å². The molecular formula is C16H19BrFN5O4. The molecule has 0 saturated carbocycles. The number of carbonyl (C=O) groups excluding carboxylic acids is 1. The third-order valence-corrected chi connectivity index (χ3v) is 5.08. The number of amides is 1. The molecule has 0 aliphatic carbocycles. The quantitative estimate of drug-likeness (QED) is 0.666. The third-order valence-electron chi connectivity index (χ3n) is 4.72. The van der Waals surface area contributed by atoms with Gasteiger partial charge in [0.2, 0.25) is 0 Å². The molecule has 9 nitrogen and oxygen atoms in total. The molecule has 2 aromatic rings. The SMILES string of the molecule is CC(C)(C)OC(=O)N1CCC2(OCc3nc4nc(Br)[nH]n4c(=O)c32)C(F)C1. The van der Waals surface area contributed by atoms with Crippen molar-refractivity contribution in [2.75, 3.05) is 13.1 Å². The molecule has 4 rings (SSSR count). The molecule has 0 bridgehead atoms. The predicted octanol–water partition coefficient (Wildman–Crippen LogP) is 1.88. The Labute approximate surface area is 162 Å². The van der Waals surface area contributed by atoms with E-state index in [-0.39, 0.29) is 37.5 Å². The van der Waals surface area contributed by atoms with Crippen molar-refractivity contribution in [3.05, 3.63) is 26.3 Å². The van der Waals surface area contributed by atoms with Crippen LogP contribution in [0.1, 0.15) is 38.4 Å². The van der Waals surface area contributed by atoms with E-state index in [1.54, 1.807) is 20.8 Å². The second-order valence-electron chi connectivity index (χ2n) is 7.71. The maximum absolute atomic E-state index is 15.3. The summed E-state index contributed by atoms with van der Waals surface area (Å²) in [5, 5.41) is 2.73. The number of aromatic amines is 1. The Morgan fingerprint density at radius 1 is 1.44 bits per heavy atom. The van der Waals surface area contributed by atoms with Crippen LogP contribution in [0, 0.1) is 0 Å². The van der Waals surface area contributed by atoms with Crippen LogP contribution in [0.15, 0.2) is 9.53 Å². The monoisotopic (exact) mass is 443 g/mol. The molecule has 2 aliphatic rings. The van der Waals surface area contributed by atoms with Crippen LogP contribution in [0.2, 0.25) is 0 Å². The lowest BCUT2D eigenvalue weighted by atomic mass is 9.84. The number of nitrogens with zero attached hydrogens (tertiary/aromatic N) is 4. The molecule has 0 radical (unpaired) electrons. The Hall–Kier alpha value is -2.01. The van der Waals surface area contributed by atoms with E-state index in [9.17, 15) is 9.59 Å². The Morgan fingerprint density at radius 3 is 2.85 bits per heavy atom. The van der Waals surface area contributed by atoms with Gasteiger partial charge in [0.25, 0.3) is 11.3 Å². The Kier molecular flexibility index (Phi) is 4.08. The summed E-state index contributed by atoms with van der Waals surface area (Å²) in [5.41, 5.74) is -1.97. The molecule has 4 heterocycles. The number of nitrogens with one attached hydrogen (secondary N) is 1. The number of alkyl halides is 1. The average Bonchev–Trinajstić information content (AvgIpc) is 3.10. The van der Waals surface area contributed by atoms with Crippen molar-refractivity contribution < 1.29 is 18.7 Å². The minimum Gasteiger partial charge on any atom is -0.444 e. The average molecular weight is 444 g/mol. The molecule has 27 heavy (non-hydrogen) atoms. The number of carbonyl (C=O) groups is 1. The lowest BCUT2D eigenvalue weighted by Crippen LogP contribution is -2.55. The van der Waals surface area contributed by atoms with E-state index in [0.29, 0.717) is 10.4 Å². The minimum absolute atomic E-state index is 0.0262. The molecule has 1 amide bonds. The highest BCUT2D eigenvalue weighted by Gasteiger charge is 2.54. The Balaban J connectivity index is 1.67. The van der Waals surface area contributed by atoms with Crippen molar-refractivity contribution >= 4 is 27.8 Å². The van der Waals surface area contributed by atoms with Crippen molar-refractivity contribution in [1.29, 1.82) is 0 Å². The number of aromatic nitrogens is 4. The molecule has 2 aliphatic heterocycles. The summed E-state index contributed by atoms with van der Waals surface area (Å²) in [6.45, 7) is 5.27. The number of hydrogen-bond acceptors (Lipinski definition) is 6. The fourth-order valence-electron chi connectivity index (χ4n) is 3.56. The molecular weight excluding hydrogens is 425 g/mol. The van der Waals surface area contributed by atoms with Crippen LogP contribution >= 0.6 is 15.9 Å². The summed E-state index contributed by atoms with van der Waals surface area (Å²) >= 11 is 3.17. The predicted molar refractivity (Wildman–Crippen MR) is 95.1 cm³/mol. The summed E-state index contributed by atoms with van der Waals surface area (Å²) in [6.07, 6.45) is -2.03. The van der Waals surface area contributed by atoms with Crippen molar-refractivity contribution in [3.63, 3.8) is 0 Å². The molecule has 1 N–H and O–H groups in total. The van der Waals surface area contributed by atoms with Crippen LogP contribution in [0.5, 0.6) is 0 Å². The fourth-order valence-corrected chi connectivity index (χ4v) is 3.89. The summed E-state index contributed by atoms with van der Waals surface area (Å²) in [7, 11) is 0. The standard InChI is InChI=1S/C16H19BrFN5O4/c1-15(2,3)27-14(25)22-5-4-16(9(18)6-22)10-8(7-26-16)19-13-20-12(17)21-23(13)11(10)24/h9H,4-7H2,1-3H3,(H,19,20,21). The third kappa shape index (κ3) is 2.92. The summed E-state index contributed by atoms with van der Waals surface area (Å²) in [5.74, 6) is 0.188. The second-order valence-corrected chi connectivity index (χ2v) is 8.46. The van der Waals surface area contributed by atoms with Crippen LogP contribution in [0.3, 0.4) is 0 Å². The number of piperidine rings is 1. The lowest BCUT2D eigenvalue weighted by Gasteiger charge is -2.41. The highest BCUT2D eigenvalue weighted by atomic mass is 79.9. The van der Waals surface area contributed by atoms with Gasteiger partial charge < -0.3 is 14.4 Å². The van der Waals surface area contributed by atoms with E-state index in [1.165, 1.54) is 4.90 Å². The van der Waals surface area contributed by atoms with Gasteiger partial charge in [0.05, 0.1) is 24.4 Å². The number of ether oxygens (including phenoxy) is 2. The zero-order valence-corrected chi connectivity index (χ0v) is 16.7. The second kappa shape index (κ2) is 5.99. The number of likely N-dealkylation sites (tertiary alicyclic amines) is 1. The zero-order chi connectivity index (χ0) is 19.6. The van der Waals surface area contributed by atoms with Crippen molar-refractivity contribution in [2.45, 2.75) is 51.2 Å². The first-order valence-electron chi connectivity index (χ1n) is 8.54. The van der Waals surface area contributed by atoms with Gasteiger partial charge >= 0.3 is 6.09 Å². The lowest BCUT2D eigenvalue weighted by molar-refractivity contribution is -0.128. The van der Waals surface area contributed by atoms with Gasteiger partial charge in [-0.25, -0.2) is 14.2 Å². The molecule has 1 fully saturated rings. The molecule has 1 spiro atoms. The number of H-pyrrole nitrogens is 1. The van der Waals surface area contributed by atoms with E-state index in [4.69, 9.17) is 9.47 Å². The maximum atomic E-state index is 15.3. The van der Waals surface area contributed by atoms with Gasteiger partial charge in [0, 0.05) is 13.0 Å². The number of rotatable bonds is 0. The van der Waals surface area contributed by atoms with Crippen molar-refractivity contribution in [2.24, 2.45) is 0 Å². The zero-order valence-electron chi connectivity index (χ0n) is 15.1. The van der Waals surface area contributed by atoms with Crippen molar-refractivity contribution in [1.82, 2.24) is 24.5 Å². The maximum Gasteiger partial charge on any atom is 0.410 e. The topological polar surface area (TPSA) is 102 Å². The molecule has 2 aromatic heterocycles. The van der Waals surface area contributed by atoms with Gasteiger partial charge in [-0.1, -0.05) is 0 Å². The van der Waals surface area contributed by atoms with E-state index in [1.807, 2.05) is 0 Å². The summed E-state index contributed by atoms with van der Waals surface area (Å²) in [6, 6.07) is 0. The molecule has 1 saturated heterocycles. The Bertz CT molecular complexity index is 984.